The molecule has 1 amide bonds. The van der Waals surface area contributed by atoms with Gasteiger partial charge in [0.15, 0.2) is 0 Å². The van der Waals surface area contributed by atoms with E-state index in [1.54, 1.807) is 11.9 Å². The van der Waals surface area contributed by atoms with Crippen molar-refractivity contribution in [1.82, 2.24) is 4.90 Å². The van der Waals surface area contributed by atoms with Gasteiger partial charge in [0.1, 0.15) is 0 Å². The van der Waals surface area contributed by atoms with Crippen LogP contribution < -0.4 is 0 Å². The maximum atomic E-state index is 12.2. The van der Waals surface area contributed by atoms with Crippen molar-refractivity contribution < 1.29 is 17.9 Å². The summed E-state index contributed by atoms with van der Waals surface area (Å²) in [5.74, 6) is -0.158. The normalized spacial score (nSPS) is 19.4. The number of hydrogen-bond acceptors (Lipinski definition) is 4. The van der Waals surface area contributed by atoms with Crippen molar-refractivity contribution in [1.29, 1.82) is 0 Å². The van der Waals surface area contributed by atoms with Crippen LogP contribution in [-0.4, -0.2) is 45.5 Å². The molecule has 0 aliphatic carbocycles. The molecule has 0 bridgehead atoms. The third-order valence-electron chi connectivity index (χ3n) is 3.16. The van der Waals surface area contributed by atoms with Crippen LogP contribution in [0.1, 0.15) is 16.8 Å². The average molecular weight is 304 g/mol. The lowest BCUT2D eigenvalue weighted by atomic mass is 10.1. The molecular weight excluding hydrogens is 290 g/mol. The summed E-state index contributed by atoms with van der Waals surface area (Å²) in [5.41, 5.74) is 0.429. The predicted molar refractivity (Wildman–Crippen MR) is 70.8 cm³/mol. The highest BCUT2D eigenvalue weighted by molar-refractivity contribution is 8.13. The fourth-order valence-electron chi connectivity index (χ4n) is 1.96. The first kappa shape index (κ1) is 14.3. The van der Waals surface area contributed by atoms with Crippen LogP contribution in [0.4, 0.5) is 0 Å². The van der Waals surface area contributed by atoms with Crippen LogP contribution in [0.5, 0.6) is 0 Å². The van der Waals surface area contributed by atoms with E-state index in [-0.39, 0.29) is 16.8 Å². The molecule has 1 aromatic carbocycles. The van der Waals surface area contributed by atoms with Crippen LogP contribution in [0, 0.1) is 0 Å². The molecule has 2 rings (SSSR count). The van der Waals surface area contributed by atoms with Crippen LogP contribution >= 0.6 is 10.7 Å². The molecule has 1 aromatic rings. The first-order chi connectivity index (χ1) is 8.89. The minimum absolute atomic E-state index is 0.0161. The zero-order valence-corrected chi connectivity index (χ0v) is 11.9. The number of likely N-dealkylation sites (N-methyl/N-ethyl adjacent to an activating group) is 1. The number of hydrogen-bond donors (Lipinski definition) is 0. The van der Waals surface area contributed by atoms with Gasteiger partial charge >= 0.3 is 0 Å². The lowest BCUT2D eigenvalue weighted by molar-refractivity contribution is 0.0711. The molecule has 19 heavy (non-hydrogen) atoms. The van der Waals surface area contributed by atoms with Gasteiger partial charge in [0.25, 0.3) is 15.0 Å². The number of carbonyl (C=O) groups is 1. The Morgan fingerprint density at radius 1 is 1.37 bits per heavy atom. The third kappa shape index (κ3) is 3.26. The molecule has 7 heteroatoms. The van der Waals surface area contributed by atoms with E-state index in [0.29, 0.717) is 18.8 Å². The maximum Gasteiger partial charge on any atom is 0.261 e. The van der Waals surface area contributed by atoms with Gasteiger partial charge in [0, 0.05) is 29.9 Å². The van der Waals surface area contributed by atoms with Crippen LogP contribution in [0.2, 0.25) is 0 Å². The fraction of sp³-hybridized carbons (Fsp3) is 0.417. The molecule has 0 spiro atoms. The molecule has 1 unspecified atom stereocenters. The number of benzene rings is 1. The van der Waals surface area contributed by atoms with Gasteiger partial charge in [0.2, 0.25) is 0 Å². The molecule has 104 valence electrons. The van der Waals surface area contributed by atoms with Gasteiger partial charge in [-0.2, -0.15) is 0 Å². The van der Waals surface area contributed by atoms with E-state index in [1.165, 1.54) is 24.3 Å². The highest BCUT2D eigenvalue weighted by Gasteiger charge is 2.25. The summed E-state index contributed by atoms with van der Waals surface area (Å²) >= 11 is 0. The maximum absolute atomic E-state index is 12.2. The molecule has 1 aliphatic heterocycles. The average Bonchev–Trinajstić information content (AvgIpc) is 2.90. The predicted octanol–water partition coefficient (Wildman–Crippen LogP) is 1.48. The van der Waals surface area contributed by atoms with Crippen molar-refractivity contribution in [2.24, 2.45) is 0 Å². The molecule has 0 N–H and O–H groups in total. The molecule has 0 aromatic heterocycles. The zero-order valence-electron chi connectivity index (χ0n) is 10.4. The summed E-state index contributed by atoms with van der Waals surface area (Å²) in [5, 5.41) is 0. The van der Waals surface area contributed by atoms with Gasteiger partial charge in [0.05, 0.1) is 17.5 Å². The van der Waals surface area contributed by atoms with Crippen molar-refractivity contribution in [2.45, 2.75) is 17.4 Å². The molecule has 1 heterocycles. The summed E-state index contributed by atoms with van der Waals surface area (Å²) in [4.78, 5) is 13.8. The highest BCUT2D eigenvalue weighted by Crippen LogP contribution is 2.18. The molecular formula is C12H14ClNO4S. The Morgan fingerprint density at radius 2 is 2.00 bits per heavy atom. The van der Waals surface area contributed by atoms with Gasteiger partial charge in [-0.15, -0.1) is 0 Å². The van der Waals surface area contributed by atoms with Crippen LogP contribution in [-0.2, 0) is 13.8 Å². The van der Waals surface area contributed by atoms with Crippen molar-refractivity contribution >= 4 is 25.6 Å². The van der Waals surface area contributed by atoms with Gasteiger partial charge in [-0.1, -0.05) is 0 Å². The first-order valence-electron chi connectivity index (χ1n) is 5.79. The van der Waals surface area contributed by atoms with Gasteiger partial charge in [-0.25, -0.2) is 8.42 Å². The molecule has 1 saturated heterocycles. The lowest BCUT2D eigenvalue weighted by Crippen LogP contribution is -2.37. The topological polar surface area (TPSA) is 63.7 Å². The highest BCUT2D eigenvalue weighted by atomic mass is 35.7. The Bertz CT molecular complexity index is 564. The van der Waals surface area contributed by atoms with E-state index >= 15 is 0 Å². The number of ether oxygens (including phenoxy) is 1. The molecule has 0 saturated carbocycles. The quantitative estimate of drug-likeness (QED) is 0.793. The summed E-state index contributed by atoms with van der Waals surface area (Å²) < 4.78 is 27.5. The van der Waals surface area contributed by atoms with E-state index in [9.17, 15) is 13.2 Å². The summed E-state index contributed by atoms with van der Waals surface area (Å²) in [7, 11) is 3.18. The first-order valence-corrected chi connectivity index (χ1v) is 8.10. The van der Waals surface area contributed by atoms with Gasteiger partial charge in [-0.05, 0) is 30.7 Å². The number of halogens is 1. The second-order valence-corrected chi connectivity index (χ2v) is 6.96. The van der Waals surface area contributed by atoms with Crippen molar-refractivity contribution in [3.05, 3.63) is 29.8 Å². The van der Waals surface area contributed by atoms with Crippen molar-refractivity contribution in [3.8, 4) is 0 Å². The van der Waals surface area contributed by atoms with Crippen LogP contribution in [0.3, 0.4) is 0 Å². The van der Waals surface area contributed by atoms with Crippen LogP contribution in [0.15, 0.2) is 29.2 Å². The number of nitrogens with zero attached hydrogens (tertiary/aromatic N) is 1. The molecule has 1 fully saturated rings. The standard InChI is InChI=1S/C12H14ClNO4S/c1-14(10-6-7-18-8-10)12(15)9-2-4-11(5-3-9)19(13,16)17/h2-5,10H,6-8H2,1H3. The van der Waals surface area contributed by atoms with Crippen LogP contribution in [0.25, 0.3) is 0 Å². The third-order valence-corrected chi connectivity index (χ3v) is 4.53. The molecule has 1 aliphatic rings. The lowest BCUT2D eigenvalue weighted by Gasteiger charge is -2.23. The Hall–Kier alpha value is -1.11. The minimum Gasteiger partial charge on any atom is -0.379 e. The second kappa shape index (κ2) is 5.48. The Labute approximate surface area is 116 Å². The second-order valence-electron chi connectivity index (χ2n) is 4.40. The Kier molecular flexibility index (Phi) is 4.13. The van der Waals surface area contributed by atoms with Crippen molar-refractivity contribution in [3.63, 3.8) is 0 Å². The Balaban J connectivity index is 2.15. The number of rotatable bonds is 3. The zero-order chi connectivity index (χ0) is 14.0. The summed E-state index contributed by atoms with van der Waals surface area (Å²) in [6.07, 6.45) is 0.816. The summed E-state index contributed by atoms with van der Waals surface area (Å²) in [6, 6.07) is 5.65. The molecule has 5 nitrogen and oxygen atoms in total. The number of amides is 1. The van der Waals surface area contributed by atoms with E-state index in [0.717, 1.165) is 6.42 Å². The number of carbonyl (C=O) groups excluding carboxylic acids is 1. The van der Waals surface area contributed by atoms with Gasteiger partial charge < -0.3 is 9.64 Å². The van der Waals surface area contributed by atoms with E-state index < -0.39 is 9.05 Å². The SMILES string of the molecule is CN(C(=O)c1ccc(S(=O)(=O)Cl)cc1)C1CCOC1. The van der Waals surface area contributed by atoms with E-state index in [2.05, 4.69) is 0 Å². The monoisotopic (exact) mass is 303 g/mol. The fourth-order valence-corrected chi connectivity index (χ4v) is 2.73. The van der Waals surface area contributed by atoms with E-state index in [1.807, 2.05) is 0 Å². The molecule has 0 radical (unpaired) electrons. The Morgan fingerprint density at radius 3 is 2.47 bits per heavy atom. The van der Waals surface area contributed by atoms with Crippen molar-refractivity contribution in [2.75, 3.05) is 20.3 Å². The van der Waals surface area contributed by atoms with E-state index in [4.69, 9.17) is 15.4 Å². The minimum atomic E-state index is -3.75. The smallest absolute Gasteiger partial charge is 0.261 e. The summed E-state index contributed by atoms with van der Waals surface area (Å²) in [6.45, 7) is 1.20. The van der Waals surface area contributed by atoms with Gasteiger partial charge in [-0.3, -0.25) is 4.79 Å². The largest absolute Gasteiger partial charge is 0.379 e. The molecule has 1 atom stereocenters.